The summed E-state index contributed by atoms with van der Waals surface area (Å²) in [5.74, 6) is 0.403. The fraction of sp³-hybridized carbons (Fsp3) is 0.923. The third kappa shape index (κ3) is 3.02. The number of aliphatic hydroxyl groups excluding tert-OH is 1. The Morgan fingerprint density at radius 2 is 2.11 bits per heavy atom. The SMILES string of the molecule is CC(C)(C)OC(O)N1CCC2(CC(C(N)=S)C2)C1. The van der Waals surface area contributed by atoms with Crippen molar-refractivity contribution in [3.05, 3.63) is 0 Å². The van der Waals surface area contributed by atoms with E-state index < -0.39 is 6.41 Å². The second kappa shape index (κ2) is 4.71. The predicted octanol–water partition coefficient (Wildman–Crippen LogP) is 1.47. The largest absolute Gasteiger partial charge is 0.393 e. The van der Waals surface area contributed by atoms with Gasteiger partial charge in [-0.05, 0) is 45.4 Å². The zero-order valence-corrected chi connectivity index (χ0v) is 12.3. The second-order valence-corrected chi connectivity index (χ2v) is 7.26. The summed E-state index contributed by atoms with van der Waals surface area (Å²) in [7, 11) is 0. The third-order valence-corrected chi connectivity index (χ3v) is 4.33. The van der Waals surface area contributed by atoms with Gasteiger partial charge in [0.25, 0.3) is 0 Å². The van der Waals surface area contributed by atoms with Crippen molar-refractivity contribution in [2.45, 2.75) is 52.0 Å². The van der Waals surface area contributed by atoms with Crippen LogP contribution >= 0.6 is 12.2 Å². The lowest BCUT2D eigenvalue weighted by atomic mass is 9.61. The Morgan fingerprint density at radius 3 is 2.61 bits per heavy atom. The van der Waals surface area contributed by atoms with Crippen LogP contribution in [0.25, 0.3) is 0 Å². The van der Waals surface area contributed by atoms with Gasteiger partial charge in [-0.3, -0.25) is 4.90 Å². The van der Waals surface area contributed by atoms with Gasteiger partial charge < -0.3 is 15.6 Å². The molecule has 0 amide bonds. The number of aliphatic hydroxyl groups is 1. The first-order chi connectivity index (χ1) is 8.21. The molecule has 18 heavy (non-hydrogen) atoms. The number of nitrogens with two attached hydrogens (primary N) is 1. The van der Waals surface area contributed by atoms with Gasteiger partial charge in [0.05, 0.1) is 10.6 Å². The Balaban J connectivity index is 1.84. The van der Waals surface area contributed by atoms with Crippen LogP contribution in [0.1, 0.15) is 40.0 Å². The fourth-order valence-electron chi connectivity index (χ4n) is 3.07. The van der Waals surface area contributed by atoms with Gasteiger partial charge in [-0.25, -0.2) is 0 Å². The fourth-order valence-corrected chi connectivity index (χ4v) is 3.24. The summed E-state index contributed by atoms with van der Waals surface area (Å²) < 4.78 is 5.59. The van der Waals surface area contributed by atoms with E-state index in [0.717, 1.165) is 32.4 Å². The summed E-state index contributed by atoms with van der Waals surface area (Å²) in [5, 5.41) is 10.1. The Morgan fingerprint density at radius 1 is 1.50 bits per heavy atom. The topological polar surface area (TPSA) is 58.7 Å². The van der Waals surface area contributed by atoms with Crippen LogP contribution in [0.15, 0.2) is 0 Å². The number of nitrogens with zero attached hydrogens (tertiary/aromatic N) is 1. The van der Waals surface area contributed by atoms with Gasteiger partial charge >= 0.3 is 0 Å². The maximum Gasteiger partial charge on any atom is 0.216 e. The van der Waals surface area contributed by atoms with Crippen molar-refractivity contribution in [1.82, 2.24) is 4.90 Å². The molecule has 1 aliphatic heterocycles. The summed E-state index contributed by atoms with van der Waals surface area (Å²) in [4.78, 5) is 2.66. The molecule has 0 aromatic rings. The molecule has 1 saturated carbocycles. The zero-order valence-electron chi connectivity index (χ0n) is 11.5. The van der Waals surface area contributed by atoms with E-state index in [1.807, 2.05) is 25.7 Å². The predicted molar refractivity (Wildman–Crippen MR) is 75.0 cm³/mol. The molecule has 2 rings (SSSR count). The van der Waals surface area contributed by atoms with Gasteiger partial charge in [-0.15, -0.1) is 0 Å². The van der Waals surface area contributed by atoms with Crippen molar-refractivity contribution in [2.75, 3.05) is 13.1 Å². The highest BCUT2D eigenvalue weighted by atomic mass is 32.1. The summed E-state index contributed by atoms with van der Waals surface area (Å²) in [5.41, 5.74) is 5.66. The first-order valence-corrected chi connectivity index (χ1v) is 7.01. The van der Waals surface area contributed by atoms with E-state index in [1.165, 1.54) is 0 Å². The lowest BCUT2D eigenvalue weighted by molar-refractivity contribution is -0.236. The minimum atomic E-state index is -0.798. The maximum atomic E-state index is 10.1. The van der Waals surface area contributed by atoms with E-state index in [9.17, 15) is 5.11 Å². The molecule has 1 heterocycles. The number of thiocarbonyl (C=S) groups is 1. The average Bonchev–Trinajstić information content (AvgIpc) is 2.56. The maximum absolute atomic E-state index is 10.1. The first kappa shape index (κ1) is 14.2. The van der Waals surface area contributed by atoms with Crippen LogP contribution in [-0.2, 0) is 4.74 Å². The van der Waals surface area contributed by atoms with E-state index in [-0.39, 0.29) is 5.60 Å². The van der Waals surface area contributed by atoms with E-state index in [1.54, 1.807) is 0 Å². The highest BCUT2D eigenvalue weighted by Crippen LogP contribution is 2.52. The molecule has 1 spiro atoms. The molecule has 4 nitrogen and oxygen atoms in total. The molecular weight excluding hydrogens is 248 g/mol. The van der Waals surface area contributed by atoms with Crippen LogP contribution in [0.3, 0.4) is 0 Å². The molecule has 2 fully saturated rings. The van der Waals surface area contributed by atoms with Crippen LogP contribution in [-0.4, -0.2) is 40.1 Å². The van der Waals surface area contributed by atoms with Crippen molar-refractivity contribution in [3.8, 4) is 0 Å². The molecule has 0 radical (unpaired) electrons. The van der Waals surface area contributed by atoms with Crippen molar-refractivity contribution >= 4 is 17.2 Å². The van der Waals surface area contributed by atoms with Crippen LogP contribution in [0.4, 0.5) is 0 Å². The van der Waals surface area contributed by atoms with Gasteiger partial charge in [-0.2, -0.15) is 0 Å². The van der Waals surface area contributed by atoms with Gasteiger partial charge in [0.15, 0.2) is 0 Å². The molecule has 1 atom stereocenters. The standard InChI is InChI=1S/C13H24N2O2S/c1-12(2,3)17-11(16)15-5-4-13(8-15)6-9(7-13)10(14)18/h9,11,16H,4-8H2,1-3H3,(H2,14,18). The Bertz CT molecular complexity index is 334. The summed E-state index contributed by atoms with van der Waals surface area (Å²) >= 11 is 5.03. The lowest BCUT2D eigenvalue weighted by Crippen LogP contribution is -2.47. The molecule has 1 saturated heterocycles. The lowest BCUT2D eigenvalue weighted by Gasteiger charge is -2.45. The van der Waals surface area contributed by atoms with Gasteiger partial charge in [0.1, 0.15) is 0 Å². The van der Waals surface area contributed by atoms with E-state index >= 15 is 0 Å². The Hall–Kier alpha value is -0.230. The number of ether oxygens (including phenoxy) is 1. The molecule has 0 bridgehead atoms. The van der Waals surface area contributed by atoms with Crippen molar-refractivity contribution in [2.24, 2.45) is 17.1 Å². The average molecular weight is 272 g/mol. The molecule has 1 unspecified atom stereocenters. The summed E-state index contributed by atoms with van der Waals surface area (Å²) in [6.07, 6.45) is 2.45. The van der Waals surface area contributed by atoms with E-state index in [4.69, 9.17) is 22.7 Å². The highest BCUT2D eigenvalue weighted by Gasteiger charge is 2.50. The Labute approximate surface area is 114 Å². The molecule has 2 aliphatic rings. The molecule has 104 valence electrons. The normalized spacial score (nSPS) is 34.6. The van der Waals surface area contributed by atoms with E-state index in [2.05, 4.69) is 0 Å². The minimum absolute atomic E-state index is 0.316. The van der Waals surface area contributed by atoms with Crippen LogP contribution in [0.5, 0.6) is 0 Å². The monoisotopic (exact) mass is 272 g/mol. The molecule has 3 N–H and O–H groups in total. The smallest absolute Gasteiger partial charge is 0.216 e. The Kier molecular flexibility index (Phi) is 3.71. The second-order valence-electron chi connectivity index (χ2n) is 6.78. The number of hydrogen-bond acceptors (Lipinski definition) is 4. The van der Waals surface area contributed by atoms with Crippen LogP contribution in [0, 0.1) is 11.3 Å². The zero-order chi connectivity index (χ0) is 13.6. The molecule has 5 heteroatoms. The third-order valence-electron chi connectivity index (χ3n) is 4.00. The highest BCUT2D eigenvalue weighted by molar-refractivity contribution is 7.80. The van der Waals surface area contributed by atoms with Crippen LogP contribution < -0.4 is 5.73 Å². The molecule has 0 aromatic heterocycles. The van der Waals surface area contributed by atoms with Crippen molar-refractivity contribution in [3.63, 3.8) is 0 Å². The van der Waals surface area contributed by atoms with Gasteiger partial charge in [0, 0.05) is 19.0 Å². The number of hydrogen-bond donors (Lipinski definition) is 2. The number of likely N-dealkylation sites (tertiary alicyclic amines) is 1. The van der Waals surface area contributed by atoms with Gasteiger partial charge in [-0.1, -0.05) is 12.2 Å². The molecule has 1 aliphatic carbocycles. The van der Waals surface area contributed by atoms with E-state index in [0.29, 0.717) is 16.3 Å². The van der Waals surface area contributed by atoms with Crippen molar-refractivity contribution in [1.29, 1.82) is 0 Å². The summed E-state index contributed by atoms with van der Waals surface area (Å²) in [6.45, 7) is 7.64. The quantitative estimate of drug-likeness (QED) is 0.602. The molecule has 0 aromatic carbocycles. The first-order valence-electron chi connectivity index (χ1n) is 6.60. The summed E-state index contributed by atoms with van der Waals surface area (Å²) in [6, 6.07) is 0. The molecular formula is C13H24N2O2S. The number of rotatable bonds is 3. The van der Waals surface area contributed by atoms with Crippen molar-refractivity contribution < 1.29 is 9.84 Å². The minimum Gasteiger partial charge on any atom is -0.393 e. The van der Waals surface area contributed by atoms with Crippen LogP contribution in [0.2, 0.25) is 0 Å². The van der Waals surface area contributed by atoms with Gasteiger partial charge in [0.2, 0.25) is 6.41 Å².